The van der Waals surface area contributed by atoms with E-state index in [1.165, 1.54) is 0 Å². The first kappa shape index (κ1) is 17.2. The Bertz CT molecular complexity index is 605. The second kappa shape index (κ2) is 5.86. The van der Waals surface area contributed by atoms with Crippen molar-refractivity contribution in [2.75, 3.05) is 0 Å². The van der Waals surface area contributed by atoms with Gasteiger partial charge in [-0.3, -0.25) is 4.98 Å². The van der Waals surface area contributed by atoms with Crippen LogP contribution in [0.1, 0.15) is 17.7 Å². The van der Waals surface area contributed by atoms with Crippen LogP contribution < -0.4 is 4.74 Å². The summed E-state index contributed by atoms with van der Waals surface area (Å²) in [4.78, 5) is 1.71. The Morgan fingerprint density at radius 2 is 1.90 bits per heavy atom. The maximum Gasteiger partial charge on any atom is 0.573 e. The second-order valence-electron chi connectivity index (χ2n) is 3.24. The Hall–Kier alpha value is -0.870. The molecule has 1 rings (SSSR count). The first-order chi connectivity index (χ1) is 8.97. The van der Waals surface area contributed by atoms with Crippen molar-refractivity contribution in [2.45, 2.75) is 23.6 Å². The van der Waals surface area contributed by atoms with Crippen LogP contribution in [-0.4, -0.2) is 19.8 Å². The zero-order chi connectivity index (χ0) is 15.7. The molecule has 0 aromatic carbocycles. The van der Waals surface area contributed by atoms with Crippen molar-refractivity contribution in [2.24, 2.45) is 0 Å². The predicted molar refractivity (Wildman–Crippen MR) is 58.5 cm³/mol. The van der Waals surface area contributed by atoms with Crippen LogP contribution in [0.15, 0.2) is 11.1 Å². The van der Waals surface area contributed by atoms with E-state index in [1.54, 1.807) is 0 Å². The van der Waals surface area contributed by atoms with Crippen molar-refractivity contribution in [3.63, 3.8) is 0 Å². The van der Waals surface area contributed by atoms with Gasteiger partial charge >= 0.3 is 6.36 Å². The van der Waals surface area contributed by atoms with Crippen LogP contribution in [0.2, 0.25) is 0 Å². The van der Waals surface area contributed by atoms with Gasteiger partial charge in [-0.25, -0.2) is 17.2 Å². The van der Waals surface area contributed by atoms with Gasteiger partial charge in [0, 0.05) is 16.9 Å². The van der Waals surface area contributed by atoms with E-state index in [9.17, 15) is 30.4 Å². The van der Waals surface area contributed by atoms with Gasteiger partial charge < -0.3 is 4.74 Å². The molecule has 0 aliphatic carbocycles. The first-order valence-electron chi connectivity index (χ1n) is 4.53. The lowest BCUT2D eigenvalue weighted by atomic mass is 10.2. The minimum atomic E-state index is -5.33. The summed E-state index contributed by atoms with van der Waals surface area (Å²) in [5.41, 5.74) is -2.00. The van der Waals surface area contributed by atoms with E-state index < -0.39 is 49.6 Å². The van der Waals surface area contributed by atoms with Gasteiger partial charge in [-0.2, -0.15) is 0 Å². The highest BCUT2D eigenvalue weighted by atomic mass is 35.7. The molecule has 20 heavy (non-hydrogen) atoms. The van der Waals surface area contributed by atoms with Crippen LogP contribution in [-0.2, 0) is 14.9 Å². The van der Waals surface area contributed by atoms with E-state index in [4.69, 9.17) is 22.3 Å². The van der Waals surface area contributed by atoms with Crippen molar-refractivity contribution in [3.05, 3.63) is 17.5 Å². The summed E-state index contributed by atoms with van der Waals surface area (Å²) in [6.07, 6.45) is -8.38. The molecule has 0 fully saturated rings. The van der Waals surface area contributed by atoms with Crippen molar-refractivity contribution in [1.82, 2.24) is 4.98 Å². The summed E-state index contributed by atoms with van der Waals surface area (Å²) in [5.74, 6) is -2.16. The van der Waals surface area contributed by atoms with E-state index >= 15 is 0 Å². The van der Waals surface area contributed by atoms with Crippen LogP contribution in [0, 0.1) is 0 Å². The summed E-state index contributed by atoms with van der Waals surface area (Å²) < 4.78 is 88.0. The van der Waals surface area contributed by atoms with Crippen molar-refractivity contribution in [1.29, 1.82) is 0 Å². The number of ether oxygens (including phenoxy) is 1. The maximum absolute atomic E-state index is 12.7. The quantitative estimate of drug-likeness (QED) is 0.468. The van der Waals surface area contributed by atoms with E-state index in [2.05, 4.69) is 9.72 Å². The lowest BCUT2D eigenvalue weighted by Crippen LogP contribution is -2.21. The van der Waals surface area contributed by atoms with Crippen LogP contribution in [0.4, 0.5) is 22.0 Å². The van der Waals surface area contributed by atoms with E-state index in [0.717, 1.165) is 0 Å². The number of hydrogen-bond donors (Lipinski definition) is 0. The summed E-state index contributed by atoms with van der Waals surface area (Å²) in [7, 11) is -0.0541. The molecule has 114 valence electrons. The summed E-state index contributed by atoms with van der Waals surface area (Å²) in [6.45, 7) is 0. The normalized spacial score (nSPS) is 12.8. The number of alkyl halides is 6. The molecule has 0 aliphatic heterocycles. The lowest BCUT2D eigenvalue weighted by Gasteiger charge is -2.16. The highest BCUT2D eigenvalue weighted by Crippen LogP contribution is 2.40. The molecule has 0 aliphatic rings. The third-order valence-corrected chi connectivity index (χ3v) is 3.54. The highest BCUT2D eigenvalue weighted by molar-refractivity contribution is 8.13. The van der Waals surface area contributed by atoms with Gasteiger partial charge in [-0.05, 0) is 0 Å². The SMILES string of the molecule is O=S(=O)(Cl)c1c(C(F)F)cnc(CCl)c1OC(F)(F)F. The Morgan fingerprint density at radius 1 is 1.35 bits per heavy atom. The van der Waals surface area contributed by atoms with Crippen LogP contribution >= 0.6 is 22.3 Å². The summed E-state index contributed by atoms with van der Waals surface area (Å²) >= 11 is 5.28. The molecular formula is C8H4Cl2F5NO3S. The third kappa shape index (κ3) is 4.06. The van der Waals surface area contributed by atoms with Crippen LogP contribution in [0.25, 0.3) is 0 Å². The third-order valence-electron chi connectivity index (χ3n) is 1.91. The molecule has 0 atom stereocenters. The van der Waals surface area contributed by atoms with Crippen molar-refractivity contribution in [3.8, 4) is 5.75 Å². The Balaban J connectivity index is 3.70. The zero-order valence-corrected chi connectivity index (χ0v) is 11.4. The molecule has 1 aromatic rings. The Morgan fingerprint density at radius 3 is 2.25 bits per heavy atom. The molecule has 0 saturated heterocycles. The molecule has 1 aromatic heterocycles. The molecule has 0 N–H and O–H groups in total. The number of rotatable bonds is 4. The first-order valence-corrected chi connectivity index (χ1v) is 7.38. The molecule has 0 radical (unpaired) electrons. The topological polar surface area (TPSA) is 56.3 Å². The average Bonchev–Trinajstić information content (AvgIpc) is 2.24. The zero-order valence-electron chi connectivity index (χ0n) is 9.09. The second-order valence-corrected chi connectivity index (χ2v) is 6.01. The molecule has 0 amide bonds. The van der Waals surface area contributed by atoms with Gasteiger partial charge in [0.05, 0.1) is 17.1 Å². The molecule has 0 spiro atoms. The molecule has 1 heterocycles. The number of halogens is 7. The standard InChI is InChI=1S/C8H4Cl2F5NO3S/c9-1-4-5(19-8(13,14)15)6(20(10,17)18)3(2-16-4)7(11)12/h2,7H,1H2. The van der Waals surface area contributed by atoms with E-state index in [1.807, 2.05) is 0 Å². The molecule has 0 bridgehead atoms. The molecule has 0 saturated carbocycles. The van der Waals surface area contributed by atoms with Gasteiger partial charge in [0.15, 0.2) is 5.75 Å². The maximum atomic E-state index is 12.7. The average molecular weight is 360 g/mol. The van der Waals surface area contributed by atoms with Gasteiger partial charge in [-0.15, -0.1) is 24.8 Å². The fourth-order valence-corrected chi connectivity index (χ4v) is 2.72. The predicted octanol–water partition coefficient (Wildman–Crippen LogP) is 3.58. The molecular weight excluding hydrogens is 356 g/mol. The fourth-order valence-electron chi connectivity index (χ4n) is 1.25. The fraction of sp³-hybridized carbons (Fsp3) is 0.375. The molecule has 4 nitrogen and oxygen atoms in total. The van der Waals surface area contributed by atoms with E-state index in [-0.39, 0.29) is 0 Å². The van der Waals surface area contributed by atoms with Crippen molar-refractivity contribution < 1.29 is 35.1 Å². The smallest absolute Gasteiger partial charge is 0.402 e. The highest BCUT2D eigenvalue weighted by Gasteiger charge is 2.38. The van der Waals surface area contributed by atoms with Gasteiger partial charge in [-0.1, -0.05) is 0 Å². The number of nitrogens with zero attached hydrogens (tertiary/aromatic N) is 1. The summed E-state index contributed by atoms with van der Waals surface area (Å²) in [5, 5.41) is 0. The Kier molecular flexibility index (Phi) is 5.03. The van der Waals surface area contributed by atoms with E-state index in [0.29, 0.717) is 6.20 Å². The monoisotopic (exact) mass is 359 g/mol. The Labute approximate surface area is 118 Å². The minimum Gasteiger partial charge on any atom is -0.402 e. The lowest BCUT2D eigenvalue weighted by molar-refractivity contribution is -0.276. The number of pyridine rings is 1. The number of hydrogen-bond acceptors (Lipinski definition) is 4. The van der Waals surface area contributed by atoms with Gasteiger partial charge in [0.1, 0.15) is 4.90 Å². The van der Waals surface area contributed by atoms with Crippen LogP contribution in [0.3, 0.4) is 0 Å². The van der Waals surface area contributed by atoms with Gasteiger partial charge in [0.25, 0.3) is 15.5 Å². The van der Waals surface area contributed by atoms with Crippen molar-refractivity contribution >= 4 is 31.3 Å². The largest absolute Gasteiger partial charge is 0.573 e. The number of aromatic nitrogens is 1. The molecule has 12 heteroatoms. The minimum absolute atomic E-state index is 0.376. The summed E-state index contributed by atoms with van der Waals surface area (Å²) in [6, 6.07) is 0. The van der Waals surface area contributed by atoms with Crippen LogP contribution in [0.5, 0.6) is 5.75 Å². The molecule has 0 unspecified atom stereocenters. The van der Waals surface area contributed by atoms with Gasteiger partial charge in [0.2, 0.25) is 0 Å².